The van der Waals surface area contributed by atoms with Gasteiger partial charge in [-0.3, -0.25) is 4.79 Å². The molecular formula is C19H18FN3O3S3. The van der Waals surface area contributed by atoms with Gasteiger partial charge < -0.3 is 5.32 Å². The fourth-order valence-electron chi connectivity index (χ4n) is 3.36. The highest BCUT2D eigenvalue weighted by Crippen LogP contribution is 2.33. The number of hydrogen-bond donors (Lipinski definition) is 1. The molecule has 3 aromatic rings. The molecule has 1 fully saturated rings. The lowest BCUT2D eigenvalue weighted by atomic mass is 10.2. The first-order valence-electron chi connectivity index (χ1n) is 8.92. The van der Waals surface area contributed by atoms with Crippen molar-refractivity contribution in [2.75, 3.05) is 18.1 Å². The number of hydrogen-bond acceptors (Lipinski definition) is 6. The van der Waals surface area contributed by atoms with Crippen molar-refractivity contribution in [3.05, 3.63) is 48.3 Å². The normalized spacial score (nSPS) is 17.7. The zero-order valence-electron chi connectivity index (χ0n) is 15.5. The Morgan fingerprint density at radius 2 is 2.03 bits per heavy atom. The minimum atomic E-state index is -3.89. The summed E-state index contributed by atoms with van der Waals surface area (Å²) in [6.07, 6.45) is 2.96. The maximum Gasteiger partial charge on any atom is 0.244 e. The number of thiazole rings is 1. The van der Waals surface area contributed by atoms with Crippen LogP contribution in [-0.4, -0.2) is 42.5 Å². The third-order valence-electron chi connectivity index (χ3n) is 4.76. The van der Waals surface area contributed by atoms with Crippen molar-refractivity contribution < 1.29 is 17.6 Å². The van der Waals surface area contributed by atoms with Crippen molar-refractivity contribution in [2.24, 2.45) is 0 Å². The van der Waals surface area contributed by atoms with E-state index < -0.39 is 27.8 Å². The summed E-state index contributed by atoms with van der Waals surface area (Å²) in [5, 5.41) is 3.22. The van der Waals surface area contributed by atoms with Gasteiger partial charge in [0.05, 0.1) is 15.1 Å². The highest BCUT2D eigenvalue weighted by Gasteiger charge is 2.39. The smallest absolute Gasteiger partial charge is 0.244 e. The number of amides is 1. The summed E-state index contributed by atoms with van der Waals surface area (Å²) in [5.41, 5.74) is 0.822. The number of fused-ring (bicyclic) bond motifs is 1. The third kappa shape index (κ3) is 3.89. The van der Waals surface area contributed by atoms with Crippen LogP contribution in [0, 0.1) is 5.82 Å². The van der Waals surface area contributed by atoms with Gasteiger partial charge in [0.1, 0.15) is 11.9 Å². The van der Waals surface area contributed by atoms with Crippen LogP contribution in [0.5, 0.6) is 0 Å². The second-order valence-electron chi connectivity index (χ2n) is 6.54. The fourth-order valence-corrected chi connectivity index (χ4v) is 6.54. The second kappa shape index (κ2) is 8.02. The van der Waals surface area contributed by atoms with Crippen LogP contribution in [0.1, 0.15) is 12.8 Å². The minimum absolute atomic E-state index is 0.0248. The molecule has 1 aromatic heterocycles. The van der Waals surface area contributed by atoms with Crippen LogP contribution >= 0.6 is 23.1 Å². The lowest BCUT2D eigenvalue weighted by Crippen LogP contribution is -2.43. The standard InChI is InChI=1S/C19H18FN3O3S3/c1-27-15-5-2-6-16-17(15)21-19(28-16)22-18(24)14-4-3-11-23(14)29(25,26)13-9-7-12(20)8-10-13/h2,5-10,14H,3-4,11H2,1H3,(H,21,22,24). The number of nitrogens with one attached hydrogen (secondary N) is 1. The zero-order chi connectivity index (χ0) is 20.6. The number of anilines is 1. The molecular weight excluding hydrogens is 433 g/mol. The summed E-state index contributed by atoms with van der Waals surface area (Å²) in [6, 6.07) is 9.65. The molecule has 0 bridgehead atoms. The number of para-hydroxylation sites is 1. The molecule has 1 aliphatic heterocycles. The van der Waals surface area contributed by atoms with E-state index in [1.54, 1.807) is 11.8 Å². The number of aromatic nitrogens is 1. The van der Waals surface area contributed by atoms with Gasteiger partial charge in [0.2, 0.25) is 15.9 Å². The molecule has 1 saturated heterocycles. The maximum absolute atomic E-state index is 13.2. The lowest BCUT2D eigenvalue weighted by molar-refractivity contribution is -0.119. The summed E-state index contributed by atoms with van der Waals surface area (Å²) >= 11 is 2.93. The van der Waals surface area contributed by atoms with Crippen LogP contribution in [0.25, 0.3) is 10.2 Å². The van der Waals surface area contributed by atoms with Gasteiger partial charge in [0, 0.05) is 11.4 Å². The SMILES string of the molecule is CSc1cccc2sc(NC(=O)C3CCCN3S(=O)(=O)c3ccc(F)cc3)nc12. The highest BCUT2D eigenvalue weighted by molar-refractivity contribution is 7.98. The molecule has 1 amide bonds. The second-order valence-corrected chi connectivity index (χ2v) is 10.3. The van der Waals surface area contributed by atoms with E-state index in [4.69, 9.17) is 0 Å². The maximum atomic E-state index is 13.2. The highest BCUT2D eigenvalue weighted by atomic mass is 32.2. The number of sulfonamides is 1. The summed E-state index contributed by atoms with van der Waals surface area (Å²) < 4.78 is 41.2. The molecule has 1 atom stereocenters. The Labute approximate surface area is 176 Å². The van der Waals surface area contributed by atoms with Crippen LogP contribution in [0.3, 0.4) is 0 Å². The monoisotopic (exact) mass is 451 g/mol. The van der Waals surface area contributed by atoms with E-state index in [-0.39, 0.29) is 11.4 Å². The first kappa shape index (κ1) is 20.3. The summed E-state index contributed by atoms with van der Waals surface area (Å²) in [7, 11) is -3.89. The van der Waals surface area contributed by atoms with E-state index in [1.165, 1.54) is 27.8 Å². The topological polar surface area (TPSA) is 79.4 Å². The molecule has 2 aromatic carbocycles. The average Bonchev–Trinajstić information content (AvgIpc) is 3.35. The largest absolute Gasteiger partial charge is 0.301 e. The Kier molecular flexibility index (Phi) is 5.60. The molecule has 1 unspecified atom stereocenters. The van der Waals surface area contributed by atoms with Gasteiger partial charge in [-0.25, -0.2) is 17.8 Å². The Morgan fingerprint density at radius 1 is 1.28 bits per heavy atom. The van der Waals surface area contributed by atoms with Crippen LogP contribution in [-0.2, 0) is 14.8 Å². The number of carbonyl (C=O) groups excluding carboxylic acids is 1. The predicted octanol–water partition coefficient (Wildman–Crippen LogP) is 3.95. The van der Waals surface area contributed by atoms with Gasteiger partial charge in [-0.1, -0.05) is 17.4 Å². The van der Waals surface area contributed by atoms with Crippen molar-refractivity contribution in [1.82, 2.24) is 9.29 Å². The van der Waals surface area contributed by atoms with E-state index in [2.05, 4.69) is 10.3 Å². The Bertz CT molecular complexity index is 1160. The Morgan fingerprint density at radius 3 is 2.76 bits per heavy atom. The molecule has 2 heterocycles. The molecule has 152 valence electrons. The summed E-state index contributed by atoms with van der Waals surface area (Å²) in [4.78, 5) is 18.4. The van der Waals surface area contributed by atoms with Gasteiger partial charge in [-0.05, 0) is 55.5 Å². The summed E-state index contributed by atoms with van der Waals surface area (Å²) in [6.45, 7) is 0.244. The quantitative estimate of drug-likeness (QED) is 0.594. The number of benzene rings is 2. The minimum Gasteiger partial charge on any atom is -0.301 e. The molecule has 0 spiro atoms. The van der Waals surface area contributed by atoms with Crippen molar-refractivity contribution in [1.29, 1.82) is 0 Å². The Balaban J connectivity index is 1.57. The molecule has 1 aliphatic rings. The number of thioether (sulfide) groups is 1. The van der Waals surface area contributed by atoms with Gasteiger partial charge in [-0.15, -0.1) is 11.8 Å². The van der Waals surface area contributed by atoms with Gasteiger partial charge in [-0.2, -0.15) is 4.31 Å². The Hall–Kier alpha value is -2.01. The van der Waals surface area contributed by atoms with E-state index in [0.717, 1.165) is 27.2 Å². The van der Waals surface area contributed by atoms with Gasteiger partial charge in [0.15, 0.2) is 5.13 Å². The van der Waals surface area contributed by atoms with E-state index in [0.29, 0.717) is 18.0 Å². The molecule has 4 rings (SSSR count). The zero-order valence-corrected chi connectivity index (χ0v) is 17.9. The van der Waals surface area contributed by atoms with Crippen LogP contribution < -0.4 is 5.32 Å². The fraction of sp³-hybridized carbons (Fsp3) is 0.263. The molecule has 1 N–H and O–H groups in total. The van der Waals surface area contributed by atoms with Crippen LogP contribution in [0.4, 0.5) is 9.52 Å². The predicted molar refractivity (Wildman–Crippen MR) is 113 cm³/mol. The first-order chi connectivity index (χ1) is 13.9. The van der Waals surface area contributed by atoms with Crippen LogP contribution in [0.2, 0.25) is 0 Å². The molecule has 0 saturated carbocycles. The van der Waals surface area contributed by atoms with Crippen molar-refractivity contribution in [3.63, 3.8) is 0 Å². The van der Waals surface area contributed by atoms with E-state index in [9.17, 15) is 17.6 Å². The number of carbonyl (C=O) groups is 1. The molecule has 6 nitrogen and oxygen atoms in total. The number of nitrogens with zero attached hydrogens (tertiary/aromatic N) is 2. The number of rotatable bonds is 5. The van der Waals surface area contributed by atoms with Crippen molar-refractivity contribution in [2.45, 2.75) is 28.7 Å². The van der Waals surface area contributed by atoms with E-state index >= 15 is 0 Å². The molecule has 29 heavy (non-hydrogen) atoms. The van der Waals surface area contributed by atoms with Crippen molar-refractivity contribution in [3.8, 4) is 0 Å². The third-order valence-corrected chi connectivity index (χ3v) is 8.39. The van der Waals surface area contributed by atoms with Crippen molar-refractivity contribution >= 4 is 54.4 Å². The molecule has 0 radical (unpaired) electrons. The lowest BCUT2D eigenvalue weighted by Gasteiger charge is -2.23. The average molecular weight is 452 g/mol. The summed E-state index contributed by atoms with van der Waals surface area (Å²) in [5.74, 6) is -0.918. The molecule has 10 heteroatoms. The van der Waals surface area contributed by atoms with E-state index in [1.807, 2.05) is 24.5 Å². The first-order valence-corrected chi connectivity index (χ1v) is 12.4. The van der Waals surface area contributed by atoms with Gasteiger partial charge >= 0.3 is 0 Å². The molecule has 0 aliphatic carbocycles. The van der Waals surface area contributed by atoms with Crippen LogP contribution in [0.15, 0.2) is 52.3 Å². The number of halogens is 1. The van der Waals surface area contributed by atoms with Gasteiger partial charge in [0.25, 0.3) is 0 Å².